The van der Waals surface area contributed by atoms with Gasteiger partial charge in [-0.05, 0) is 49.3 Å². The molecule has 24 heavy (non-hydrogen) atoms. The normalized spacial score (nSPS) is 20.6. The van der Waals surface area contributed by atoms with Crippen LogP contribution in [0.2, 0.25) is 0 Å². The molecule has 0 saturated heterocycles. The second-order valence-electron chi connectivity index (χ2n) is 6.96. The van der Waals surface area contributed by atoms with Crippen LogP contribution >= 0.6 is 0 Å². The summed E-state index contributed by atoms with van der Waals surface area (Å²) in [6.07, 6.45) is 10.3. The van der Waals surface area contributed by atoms with Crippen LogP contribution in [0.15, 0.2) is 18.2 Å². The van der Waals surface area contributed by atoms with E-state index in [0.29, 0.717) is 18.2 Å². The molecule has 1 saturated carbocycles. The Morgan fingerprint density at radius 3 is 2.67 bits per heavy atom. The molecule has 134 valence electrons. The van der Waals surface area contributed by atoms with Crippen LogP contribution in [0.4, 0.5) is 0 Å². The number of amides is 1. The van der Waals surface area contributed by atoms with E-state index in [-0.39, 0.29) is 11.7 Å². The van der Waals surface area contributed by atoms with Crippen molar-refractivity contribution in [3.05, 3.63) is 23.8 Å². The number of carbonyl (C=O) groups is 1. The molecule has 0 spiro atoms. The standard InChI is InChI=1S/C20H31NO3/c1-3-4-5-6-15-7-10-17(11-8-15)21-20(23)14-16-9-12-18(22)19(13-16)24-2/h9,12-13,15,17,22H,3-8,10-11,14H2,1-2H3,(H,21,23)/t15-,17+. The maximum Gasteiger partial charge on any atom is 0.224 e. The predicted molar refractivity (Wildman–Crippen MR) is 96.4 cm³/mol. The Morgan fingerprint density at radius 1 is 1.25 bits per heavy atom. The third-order valence-electron chi connectivity index (χ3n) is 5.04. The van der Waals surface area contributed by atoms with Gasteiger partial charge in [-0.1, -0.05) is 38.7 Å². The molecular weight excluding hydrogens is 302 g/mol. The third-order valence-corrected chi connectivity index (χ3v) is 5.04. The van der Waals surface area contributed by atoms with Gasteiger partial charge < -0.3 is 15.2 Å². The molecule has 2 N–H and O–H groups in total. The van der Waals surface area contributed by atoms with Gasteiger partial charge in [0.2, 0.25) is 5.91 Å². The van der Waals surface area contributed by atoms with Crippen LogP contribution in [-0.2, 0) is 11.2 Å². The number of phenols is 1. The SMILES string of the molecule is CCCCC[C@H]1CC[C@@H](NC(=O)Cc2ccc(O)c(OC)c2)CC1. The van der Waals surface area contributed by atoms with E-state index in [2.05, 4.69) is 12.2 Å². The van der Waals surface area contributed by atoms with Gasteiger partial charge in [0, 0.05) is 6.04 Å². The predicted octanol–water partition coefficient (Wildman–Crippen LogP) is 4.20. The number of nitrogens with one attached hydrogen (secondary N) is 1. The molecular formula is C20H31NO3. The number of rotatable bonds is 8. The third kappa shape index (κ3) is 5.73. The Balaban J connectivity index is 1.73. The minimum absolute atomic E-state index is 0.0529. The molecule has 4 heteroatoms. The fraction of sp³-hybridized carbons (Fsp3) is 0.650. The number of benzene rings is 1. The molecule has 0 radical (unpaired) electrons. The van der Waals surface area contributed by atoms with Gasteiger partial charge in [0.1, 0.15) is 0 Å². The highest BCUT2D eigenvalue weighted by Gasteiger charge is 2.22. The molecule has 0 aliphatic heterocycles. The van der Waals surface area contributed by atoms with E-state index in [9.17, 15) is 9.90 Å². The van der Waals surface area contributed by atoms with E-state index in [1.165, 1.54) is 45.6 Å². The fourth-order valence-electron chi connectivity index (χ4n) is 3.57. The zero-order valence-corrected chi connectivity index (χ0v) is 15.0. The maximum atomic E-state index is 12.2. The summed E-state index contributed by atoms with van der Waals surface area (Å²) in [5.74, 6) is 1.42. The van der Waals surface area contributed by atoms with Crippen LogP contribution in [0.1, 0.15) is 63.9 Å². The van der Waals surface area contributed by atoms with Gasteiger partial charge in [-0.15, -0.1) is 0 Å². The van der Waals surface area contributed by atoms with Gasteiger partial charge in [-0.2, -0.15) is 0 Å². The monoisotopic (exact) mass is 333 g/mol. The smallest absolute Gasteiger partial charge is 0.224 e. The largest absolute Gasteiger partial charge is 0.504 e. The minimum Gasteiger partial charge on any atom is -0.504 e. The zero-order chi connectivity index (χ0) is 17.4. The first-order chi connectivity index (χ1) is 11.6. The van der Waals surface area contributed by atoms with Crippen LogP contribution in [-0.4, -0.2) is 24.2 Å². The van der Waals surface area contributed by atoms with E-state index in [4.69, 9.17) is 4.74 Å². The summed E-state index contributed by atoms with van der Waals surface area (Å²) in [5, 5.41) is 12.8. The Bertz CT molecular complexity index is 522. The van der Waals surface area contributed by atoms with Crippen molar-refractivity contribution in [2.24, 2.45) is 5.92 Å². The second kappa shape index (κ2) is 9.55. The maximum absolute atomic E-state index is 12.2. The van der Waals surface area contributed by atoms with E-state index < -0.39 is 0 Å². The van der Waals surface area contributed by atoms with Crippen molar-refractivity contribution >= 4 is 5.91 Å². The molecule has 1 fully saturated rings. The molecule has 1 aliphatic carbocycles. The fourth-order valence-corrected chi connectivity index (χ4v) is 3.57. The van der Waals surface area contributed by atoms with Crippen LogP contribution in [0.3, 0.4) is 0 Å². The van der Waals surface area contributed by atoms with Gasteiger partial charge in [0.25, 0.3) is 0 Å². The highest BCUT2D eigenvalue weighted by molar-refractivity contribution is 5.79. The summed E-state index contributed by atoms with van der Waals surface area (Å²) in [6, 6.07) is 5.38. The first kappa shape index (κ1) is 18.6. The Labute approximate surface area is 145 Å². The average molecular weight is 333 g/mol. The van der Waals surface area contributed by atoms with E-state index >= 15 is 0 Å². The molecule has 0 aromatic heterocycles. The van der Waals surface area contributed by atoms with Crippen molar-refractivity contribution in [1.29, 1.82) is 0 Å². The summed E-state index contributed by atoms with van der Waals surface area (Å²) in [7, 11) is 1.51. The van der Waals surface area contributed by atoms with Crippen LogP contribution < -0.4 is 10.1 Å². The lowest BCUT2D eigenvalue weighted by atomic mass is 9.83. The van der Waals surface area contributed by atoms with Crippen molar-refractivity contribution in [2.45, 2.75) is 70.8 Å². The summed E-state index contributed by atoms with van der Waals surface area (Å²) in [6.45, 7) is 2.25. The Hall–Kier alpha value is -1.71. The molecule has 0 heterocycles. The van der Waals surface area contributed by atoms with Gasteiger partial charge in [-0.3, -0.25) is 4.79 Å². The number of ether oxygens (including phenoxy) is 1. The minimum atomic E-state index is 0.0529. The first-order valence-electron chi connectivity index (χ1n) is 9.27. The lowest BCUT2D eigenvalue weighted by molar-refractivity contribution is -0.121. The number of phenolic OH excluding ortho intramolecular Hbond substituents is 1. The van der Waals surface area contributed by atoms with Gasteiger partial charge in [-0.25, -0.2) is 0 Å². The highest BCUT2D eigenvalue weighted by atomic mass is 16.5. The molecule has 1 amide bonds. The number of methoxy groups -OCH3 is 1. The highest BCUT2D eigenvalue weighted by Crippen LogP contribution is 2.29. The number of unbranched alkanes of at least 4 members (excludes halogenated alkanes) is 2. The number of hydrogen-bond acceptors (Lipinski definition) is 3. The van der Waals surface area contributed by atoms with Gasteiger partial charge in [0.05, 0.1) is 13.5 Å². The van der Waals surface area contributed by atoms with Crippen molar-refractivity contribution in [2.75, 3.05) is 7.11 Å². The summed E-state index contributed by atoms with van der Waals surface area (Å²) < 4.78 is 5.09. The average Bonchev–Trinajstić information content (AvgIpc) is 2.58. The lowest BCUT2D eigenvalue weighted by Gasteiger charge is -2.29. The summed E-state index contributed by atoms with van der Waals surface area (Å²) in [4.78, 5) is 12.2. The molecule has 1 aliphatic rings. The Morgan fingerprint density at radius 2 is 2.00 bits per heavy atom. The van der Waals surface area contributed by atoms with E-state index in [1.54, 1.807) is 18.2 Å². The van der Waals surface area contributed by atoms with Crippen LogP contribution in [0.5, 0.6) is 11.5 Å². The molecule has 0 atom stereocenters. The summed E-state index contributed by atoms with van der Waals surface area (Å²) >= 11 is 0. The molecule has 0 bridgehead atoms. The molecule has 2 rings (SSSR count). The van der Waals surface area contributed by atoms with Crippen molar-refractivity contribution in [3.8, 4) is 11.5 Å². The molecule has 0 unspecified atom stereocenters. The summed E-state index contributed by atoms with van der Waals surface area (Å²) in [5.41, 5.74) is 0.857. The zero-order valence-electron chi connectivity index (χ0n) is 15.0. The second-order valence-corrected chi connectivity index (χ2v) is 6.96. The van der Waals surface area contributed by atoms with E-state index in [1.807, 2.05) is 0 Å². The molecule has 1 aromatic rings. The number of aromatic hydroxyl groups is 1. The van der Waals surface area contributed by atoms with Crippen LogP contribution in [0, 0.1) is 5.92 Å². The number of carbonyl (C=O) groups excluding carboxylic acids is 1. The van der Waals surface area contributed by atoms with Gasteiger partial charge in [0.15, 0.2) is 11.5 Å². The first-order valence-corrected chi connectivity index (χ1v) is 9.27. The number of hydrogen-bond donors (Lipinski definition) is 2. The van der Waals surface area contributed by atoms with Crippen LogP contribution in [0.25, 0.3) is 0 Å². The van der Waals surface area contributed by atoms with Gasteiger partial charge >= 0.3 is 0 Å². The van der Waals surface area contributed by atoms with Crippen molar-refractivity contribution < 1.29 is 14.6 Å². The van der Waals surface area contributed by atoms with Crippen molar-refractivity contribution in [1.82, 2.24) is 5.32 Å². The van der Waals surface area contributed by atoms with Crippen molar-refractivity contribution in [3.63, 3.8) is 0 Å². The van der Waals surface area contributed by atoms with E-state index in [0.717, 1.165) is 24.3 Å². The molecule has 4 nitrogen and oxygen atoms in total. The quantitative estimate of drug-likeness (QED) is 0.701. The topological polar surface area (TPSA) is 58.6 Å². The lowest BCUT2D eigenvalue weighted by Crippen LogP contribution is -2.38. The Kier molecular flexibility index (Phi) is 7.41. The molecule has 1 aromatic carbocycles.